The minimum atomic E-state index is -0.814. The van der Waals surface area contributed by atoms with Gasteiger partial charge in [-0.15, -0.1) is 0 Å². The molecule has 2 aromatic rings. The van der Waals surface area contributed by atoms with Crippen molar-refractivity contribution in [3.05, 3.63) is 70.7 Å². The van der Waals surface area contributed by atoms with Crippen LogP contribution in [0.5, 0.6) is 0 Å². The molecule has 0 N–H and O–H groups in total. The molecule has 0 aliphatic rings. The Hall–Kier alpha value is -2.11. The van der Waals surface area contributed by atoms with Gasteiger partial charge in [0.05, 0.1) is 11.1 Å². The van der Waals surface area contributed by atoms with Crippen LogP contribution in [0.25, 0.3) is 0 Å². The average Bonchev–Trinajstić information content (AvgIpc) is 2.41. The van der Waals surface area contributed by atoms with Gasteiger partial charge in [-0.25, -0.2) is 0 Å². The third-order valence-electron chi connectivity index (χ3n) is 2.66. The van der Waals surface area contributed by atoms with Crippen LogP contribution in [0, 0.1) is 11.3 Å². The molecule has 0 saturated carbocycles. The van der Waals surface area contributed by atoms with E-state index in [0.29, 0.717) is 16.1 Å². The Labute approximate surface area is 110 Å². The lowest BCUT2D eigenvalue weighted by Crippen LogP contribution is -2.11. The summed E-state index contributed by atoms with van der Waals surface area (Å²) in [6, 6.07) is 17.8. The number of carbonyl (C=O) groups is 1. The zero-order chi connectivity index (χ0) is 13.0. The fourth-order valence-corrected chi connectivity index (χ4v) is 1.98. The van der Waals surface area contributed by atoms with Crippen LogP contribution in [0.1, 0.15) is 21.8 Å². The molecule has 18 heavy (non-hydrogen) atoms. The van der Waals surface area contributed by atoms with Crippen LogP contribution in [0.15, 0.2) is 54.6 Å². The lowest BCUT2D eigenvalue weighted by atomic mass is 9.92. The van der Waals surface area contributed by atoms with E-state index in [-0.39, 0.29) is 5.78 Å². The number of nitrogens with zero attached hydrogens (tertiary/aromatic N) is 1. The van der Waals surface area contributed by atoms with Gasteiger partial charge >= 0.3 is 0 Å². The first-order valence-corrected chi connectivity index (χ1v) is 5.85. The molecule has 0 aromatic heterocycles. The Morgan fingerprint density at radius 2 is 1.67 bits per heavy atom. The lowest BCUT2D eigenvalue weighted by molar-refractivity contribution is 0.0979. The van der Waals surface area contributed by atoms with Crippen molar-refractivity contribution in [1.29, 1.82) is 5.26 Å². The van der Waals surface area contributed by atoms with Gasteiger partial charge in [0.2, 0.25) is 0 Å². The molecule has 3 heteroatoms. The first-order chi connectivity index (χ1) is 8.74. The molecule has 0 fully saturated rings. The van der Waals surface area contributed by atoms with Gasteiger partial charge in [-0.2, -0.15) is 5.26 Å². The molecule has 0 radical (unpaired) electrons. The van der Waals surface area contributed by atoms with Crippen LogP contribution in [0.3, 0.4) is 0 Å². The molecular formula is C15H10ClNO. The van der Waals surface area contributed by atoms with Gasteiger partial charge < -0.3 is 0 Å². The summed E-state index contributed by atoms with van der Waals surface area (Å²) in [5, 5.41) is 9.56. The van der Waals surface area contributed by atoms with E-state index in [1.807, 2.05) is 12.1 Å². The monoisotopic (exact) mass is 255 g/mol. The molecule has 0 heterocycles. The second-order valence-electron chi connectivity index (χ2n) is 3.82. The highest BCUT2D eigenvalue weighted by Gasteiger charge is 2.22. The zero-order valence-corrected chi connectivity index (χ0v) is 10.3. The molecule has 2 aromatic carbocycles. The van der Waals surface area contributed by atoms with Crippen molar-refractivity contribution in [3.63, 3.8) is 0 Å². The zero-order valence-electron chi connectivity index (χ0n) is 9.51. The summed E-state index contributed by atoms with van der Waals surface area (Å²) in [4.78, 5) is 12.3. The Bertz CT molecular complexity index is 601. The second kappa shape index (κ2) is 5.48. The van der Waals surface area contributed by atoms with Gasteiger partial charge in [0, 0.05) is 5.56 Å². The van der Waals surface area contributed by atoms with E-state index < -0.39 is 5.92 Å². The molecule has 1 unspecified atom stereocenters. The molecule has 0 amide bonds. The number of hydrogen-bond acceptors (Lipinski definition) is 2. The summed E-state index contributed by atoms with van der Waals surface area (Å²) in [6.07, 6.45) is 0. The summed E-state index contributed by atoms with van der Waals surface area (Å²) in [5.74, 6) is -1.08. The predicted molar refractivity (Wildman–Crippen MR) is 70.6 cm³/mol. The van der Waals surface area contributed by atoms with Crippen molar-refractivity contribution in [2.45, 2.75) is 5.92 Å². The number of halogens is 1. The van der Waals surface area contributed by atoms with Gasteiger partial charge in [-0.05, 0) is 17.7 Å². The van der Waals surface area contributed by atoms with E-state index in [0.717, 1.165) is 0 Å². The molecule has 1 atom stereocenters. The molecule has 0 bridgehead atoms. The van der Waals surface area contributed by atoms with Crippen LogP contribution in [-0.2, 0) is 0 Å². The second-order valence-corrected chi connectivity index (χ2v) is 4.22. The largest absolute Gasteiger partial charge is 0.292 e. The maximum atomic E-state index is 12.3. The van der Waals surface area contributed by atoms with Gasteiger partial charge in [0.1, 0.15) is 5.92 Å². The first kappa shape index (κ1) is 12.3. The maximum Gasteiger partial charge on any atom is 0.185 e. The molecule has 0 aliphatic heterocycles. The van der Waals surface area contributed by atoms with Crippen molar-refractivity contribution in [3.8, 4) is 6.07 Å². The van der Waals surface area contributed by atoms with E-state index in [1.54, 1.807) is 48.5 Å². The molecule has 0 saturated heterocycles. The molecule has 2 nitrogen and oxygen atoms in total. The number of ketones is 1. The van der Waals surface area contributed by atoms with Crippen molar-refractivity contribution in [2.24, 2.45) is 0 Å². The summed E-state index contributed by atoms with van der Waals surface area (Å²) in [6.45, 7) is 0. The highest BCUT2D eigenvalue weighted by molar-refractivity contribution is 6.34. The number of nitriles is 1. The minimum Gasteiger partial charge on any atom is -0.292 e. The Morgan fingerprint density at radius 1 is 1.06 bits per heavy atom. The van der Waals surface area contributed by atoms with Gasteiger partial charge in [-0.3, -0.25) is 4.79 Å². The number of carbonyl (C=O) groups excluding carboxylic acids is 1. The summed E-state index contributed by atoms with van der Waals surface area (Å²) >= 11 is 5.98. The van der Waals surface area contributed by atoms with Crippen molar-refractivity contribution in [2.75, 3.05) is 0 Å². The SMILES string of the molecule is N#CC(C(=O)c1ccccc1Cl)c1ccccc1. The first-order valence-electron chi connectivity index (χ1n) is 5.47. The third-order valence-corrected chi connectivity index (χ3v) is 2.99. The van der Waals surface area contributed by atoms with Crippen LogP contribution in [-0.4, -0.2) is 5.78 Å². The molecule has 0 spiro atoms. The van der Waals surface area contributed by atoms with Crippen LogP contribution in [0.2, 0.25) is 5.02 Å². The van der Waals surface area contributed by atoms with Crippen molar-refractivity contribution < 1.29 is 4.79 Å². The Balaban J connectivity index is 2.39. The number of benzene rings is 2. The van der Waals surface area contributed by atoms with Crippen LogP contribution in [0.4, 0.5) is 0 Å². The fourth-order valence-electron chi connectivity index (χ4n) is 1.75. The Morgan fingerprint density at radius 3 is 2.28 bits per heavy atom. The van der Waals surface area contributed by atoms with Crippen molar-refractivity contribution >= 4 is 17.4 Å². The quantitative estimate of drug-likeness (QED) is 0.782. The average molecular weight is 256 g/mol. The van der Waals surface area contributed by atoms with E-state index in [4.69, 9.17) is 11.6 Å². The lowest BCUT2D eigenvalue weighted by Gasteiger charge is -2.09. The van der Waals surface area contributed by atoms with E-state index in [1.165, 1.54) is 0 Å². The number of rotatable bonds is 3. The highest BCUT2D eigenvalue weighted by atomic mass is 35.5. The van der Waals surface area contributed by atoms with Gasteiger partial charge in [-0.1, -0.05) is 54.1 Å². The smallest absolute Gasteiger partial charge is 0.185 e. The number of hydrogen-bond donors (Lipinski definition) is 0. The summed E-state index contributed by atoms with van der Waals surface area (Å²) in [7, 11) is 0. The highest BCUT2D eigenvalue weighted by Crippen LogP contribution is 2.24. The van der Waals surface area contributed by atoms with E-state index >= 15 is 0 Å². The van der Waals surface area contributed by atoms with Crippen molar-refractivity contribution in [1.82, 2.24) is 0 Å². The molecule has 2 rings (SSSR count). The molecular weight excluding hydrogens is 246 g/mol. The molecule has 0 aliphatic carbocycles. The minimum absolute atomic E-state index is 0.269. The van der Waals surface area contributed by atoms with Crippen LogP contribution >= 0.6 is 11.6 Å². The van der Waals surface area contributed by atoms with E-state index in [2.05, 4.69) is 0 Å². The molecule has 88 valence electrons. The Kier molecular flexibility index (Phi) is 3.76. The fraction of sp³-hybridized carbons (Fsp3) is 0.0667. The summed E-state index contributed by atoms with van der Waals surface area (Å²) in [5.41, 5.74) is 1.07. The normalized spacial score (nSPS) is 11.6. The van der Waals surface area contributed by atoms with Gasteiger partial charge in [0.15, 0.2) is 5.78 Å². The number of Topliss-reactive ketones (excluding diaryl/α,β-unsaturated/α-hetero) is 1. The predicted octanol–water partition coefficient (Wildman–Crippen LogP) is 3.83. The van der Waals surface area contributed by atoms with E-state index in [9.17, 15) is 10.1 Å². The standard InChI is InChI=1S/C15H10ClNO/c16-14-9-5-4-8-12(14)15(18)13(10-17)11-6-2-1-3-7-11/h1-9,13H. The topological polar surface area (TPSA) is 40.9 Å². The maximum absolute atomic E-state index is 12.3. The third kappa shape index (κ3) is 2.42. The van der Waals surface area contributed by atoms with Gasteiger partial charge in [0.25, 0.3) is 0 Å². The summed E-state index contributed by atoms with van der Waals surface area (Å²) < 4.78 is 0. The van der Waals surface area contributed by atoms with Crippen LogP contribution < -0.4 is 0 Å².